The van der Waals surface area contributed by atoms with E-state index >= 15 is 0 Å². The molecule has 2 rings (SSSR count). The number of likely N-dealkylation sites (tertiary alicyclic amines) is 1. The number of alkyl halides is 3. The molecule has 1 heterocycles. The molecule has 1 aromatic carbocycles. The molecule has 130 valence electrons. The summed E-state index contributed by atoms with van der Waals surface area (Å²) in [7, 11) is 0. The second kappa shape index (κ2) is 7.88. The fraction of sp³-hybridized carbons (Fsp3) is 0.533. The number of ether oxygens (including phenoxy) is 1. The van der Waals surface area contributed by atoms with Gasteiger partial charge in [-0.2, -0.15) is 13.2 Å². The van der Waals surface area contributed by atoms with Gasteiger partial charge in [0.05, 0.1) is 11.6 Å². The quantitative estimate of drug-likeness (QED) is 0.910. The molecule has 1 atom stereocenters. The molecule has 1 unspecified atom stereocenters. The third kappa shape index (κ3) is 5.28. The highest BCUT2D eigenvalue weighted by atomic mass is 35.5. The summed E-state index contributed by atoms with van der Waals surface area (Å²) in [6.07, 6.45) is -3.42. The molecule has 23 heavy (non-hydrogen) atoms. The summed E-state index contributed by atoms with van der Waals surface area (Å²) in [5.41, 5.74) is 4.83. The Bertz CT molecular complexity index is 530. The summed E-state index contributed by atoms with van der Waals surface area (Å²) >= 11 is 0. The second-order valence-electron chi connectivity index (χ2n) is 5.46. The van der Waals surface area contributed by atoms with E-state index in [2.05, 4.69) is 0 Å². The van der Waals surface area contributed by atoms with Crippen molar-refractivity contribution in [2.45, 2.75) is 38.1 Å². The molecule has 0 aromatic heterocycles. The average Bonchev–Trinajstić information content (AvgIpc) is 2.46. The molecule has 1 amide bonds. The lowest BCUT2D eigenvalue weighted by Gasteiger charge is -2.33. The zero-order valence-electron chi connectivity index (χ0n) is 12.7. The van der Waals surface area contributed by atoms with Gasteiger partial charge in [0.25, 0.3) is 0 Å². The zero-order chi connectivity index (χ0) is 16.3. The predicted octanol–water partition coefficient (Wildman–Crippen LogP) is 2.84. The Balaban J connectivity index is 0.00000264. The minimum atomic E-state index is -4.38. The molecule has 8 heteroatoms. The van der Waals surface area contributed by atoms with Crippen LogP contribution in [0, 0.1) is 0 Å². The molecule has 2 N–H and O–H groups in total. The Morgan fingerprint density at radius 3 is 2.48 bits per heavy atom. The van der Waals surface area contributed by atoms with E-state index in [1.165, 1.54) is 12.1 Å². The molecular formula is C15H20ClF3N2O2. The van der Waals surface area contributed by atoms with Crippen molar-refractivity contribution in [2.75, 3.05) is 13.1 Å². The van der Waals surface area contributed by atoms with Crippen molar-refractivity contribution in [3.05, 3.63) is 29.8 Å². The van der Waals surface area contributed by atoms with Gasteiger partial charge in [0.2, 0.25) is 5.91 Å². The lowest BCUT2D eigenvalue weighted by Crippen LogP contribution is -2.47. The second-order valence-corrected chi connectivity index (χ2v) is 5.46. The molecule has 1 aliphatic rings. The smallest absolute Gasteiger partial charge is 0.416 e. The molecule has 4 nitrogen and oxygen atoms in total. The molecule has 0 saturated carbocycles. The predicted molar refractivity (Wildman–Crippen MR) is 82.6 cm³/mol. The molecule has 0 bridgehead atoms. The highest BCUT2D eigenvalue weighted by molar-refractivity contribution is 5.85. The van der Waals surface area contributed by atoms with Crippen LogP contribution in [-0.4, -0.2) is 36.0 Å². The maximum absolute atomic E-state index is 12.7. The van der Waals surface area contributed by atoms with Crippen molar-refractivity contribution in [3.63, 3.8) is 0 Å². The highest BCUT2D eigenvalue weighted by Gasteiger charge is 2.31. The van der Waals surface area contributed by atoms with Gasteiger partial charge in [-0.1, -0.05) is 6.07 Å². The maximum atomic E-state index is 12.7. The minimum absolute atomic E-state index is 0. The Morgan fingerprint density at radius 2 is 1.96 bits per heavy atom. The Kier molecular flexibility index (Phi) is 6.70. The number of benzene rings is 1. The van der Waals surface area contributed by atoms with Crippen LogP contribution in [0.5, 0.6) is 5.75 Å². The van der Waals surface area contributed by atoms with Gasteiger partial charge in [0.15, 0.2) is 0 Å². The van der Waals surface area contributed by atoms with Crippen LogP contribution in [0.15, 0.2) is 24.3 Å². The van der Waals surface area contributed by atoms with E-state index in [1.54, 1.807) is 11.8 Å². The van der Waals surface area contributed by atoms with Crippen molar-refractivity contribution in [1.29, 1.82) is 0 Å². The van der Waals surface area contributed by atoms with E-state index in [0.717, 1.165) is 12.1 Å². The number of nitrogens with zero attached hydrogens (tertiary/aromatic N) is 1. The summed E-state index contributed by atoms with van der Waals surface area (Å²) < 4.78 is 43.6. The molecule has 1 fully saturated rings. The van der Waals surface area contributed by atoms with Crippen LogP contribution < -0.4 is 10.5 Å². The third-order valence-electron chi connectivity index (χ3n) is 3.61. The number of halogens is 4. The number of piperidine rings is 1. The summed E-state index contributed by atoms with van der Waals surface area (Å²) in [6, 6.07) is 4.30. The fourth-order valence-corrected chi connectivity index (χ4v) is 2.42. The number of hydrogen-bond acceptors (Lipinski definition) is 3. The lowest BCUT2D eigenvalue weighted by molar-refractivity contribution is -0.138. The topological polar surface area (TPSA) is 55.6 Å². The summed E-state index contributed by atoms with van der Waals surface area (Å²) in [6.45, 7) is 2.64. The molecule has 0 radical (unpaired) electrons. The molecule has 0 aliphatic carbocycles. The van der Waals surface area contributed by atoms with E-state index in [4.69, 9.17) is 10.5 Å². The summed E-state index contributed by atoms with van der Waals surface area (Å²) in [5, 5.41) is 0. The Morgan fingerprint density at radius 1 is 1.35 bits per heavy atom. The number of carbonyl (C=O) groups excluding carboxylic acids is 1. The first-order valence-electron chi connectivity index (χ1n) is 7.15. The van der Waals surface area contributed by atoms with Gasteiger partial charge < -0.3 is 15.4 Å². The number of rotatable bonds is 3. The first-order chi connectivity index (χ1) is 10.3. The van der Waals surface area contributed by atoms with Gasteiger partial charge in [0.1, 0.15) is 11.9 Å². The fourth-order valence-electron chi connectivity index (χ4n) is 2.42. The van der Waals surface area contributed by atoms with E-state index in [-0.39, 0.29) is 30.2 Å². The Labute approximate surface area is 139 Å². The van der Waals surface area contributed by atoms with Crippen LogP contribution in [0.25, 0.3) is 0 Å². The highest BCUT2D eigenvalue weighted by Crippen LogP contribution is 2.32. The first kappa shape index (κ1) is 19.6. The van der Waals surface area contributed by atoms with Crippen LogP contribution in [0.4, 0.5) is 13.2 Å². The summed E-state index contributed by atoms with van der Waals surface area (Å²) in [4.78, 5) is 13.4. The van der Waals surface area contributed by atoms with Crippen molar-refractivity contribution in [3.8, 4) is 5.75 Å². The lowest BCUT2D eigenvalue weighted by atomic mass is 10.1. The van der Waals surface area contributed by atoms with Crippen LogP contribution in [0.3, 0.4) is 0 Å². The molecule has 1 aliphatic heterocycles. The van der Waals surface area contributed by atoms with Gasteiger partial charge in [-0.3, -0.25) is 4.79 Å². The minimum Gasteiger partial charge on any atom is -0.490 e. The summed E-state index contributed by atoms with van der Waals surface area (Å²) in [5.74, 6) is 0.0873. The molecular weight excluding hydrogens is 333 g/mol. The van der Waals surface area contributed by atoms with Crippen molar-refractivity contribution >= 4 is 18.3 Å². The SMILES string of the molecule is CC(N)C(=O)N1CCC(Oc2cccc(C(F)(F)F)c2)CC1.Cl. The van der Waals surface area contributed by atoms with Gasteiger partial charge in [-0.25, -0.2) is 0 Å². The van der Waals surface area contributed by atoms with Crippen LogP contribution in [-0.2, 0) is 11.0 Å². The molecule has 1 aromatic rings. The van der Waals surface area contributed by atoms with E-state index in [1.807, 2.05) is 0 Å². The van der Waals surface area contributed by atoms with Gasteiger partial charge in [0, 0.05) is 25.9 Å². The van der Waals surface area contributed by atoms with Gasteiger partial charge in [-0.15, -0.1) is 12.4 Å². The largest absolute Gasteiger partial charge is 0.490 e. The molecule has 0 spiro atoms. The third-order valence-corrected chi connectivity index (χ3v) is 3.61. The first-order valence-corrected chi connectivity index (χ1v) is 7.15. The average molecular weight is 353 g/mol. The van der Waals surface area contributed by atoms with E-state index < -0.39 is 17.8 Å². The normalized spacial score (nSPS) is 17.3. The number of nitrogens with two attached hydrogens (primary N) is 1. The Hall–Kier alpha value is -1.47. The zero-order valence-corrected chi connectivity index (χ0v) is 13.5. The van der Waals surface area contributed by atoms with Gasteiger partial charge >= 0.3 is 6.18 Å². The van der Waals surface area contributed by atoms with Crippen molar-refractivity contribution in [1.82, 2.24) is 4.90 Å². The number of hydrogen-bond donors (Lipinski definition) is 1. The van der Waals surface area contributed by atoms with E-state index in [9.17, 15) is 18.0 Å². The monoisotopic (exact) mass is 352 g/mol. The maximum Gasteiger partial charge on any atom is 0.416 e. The van der Waals surface area contributed by atoms with E-state index in [0.29, 0.717) is 25.9 Å². The van der Waals surface area contributed by atoms with Crippen LogP contribution in [0.1, 0.15) is 25.3 Å². The van der Waals surface area contributed by atoms with Crippen molar-refractivity contribution in [2.24, 2.45) is 5.73 Å². The number of carbonyl (C=O) groups is 1. The van der Waals surface area contributed by atoms with Crippen LogP contribution in [0.2, 0.25) is 0 Å². The van der Waals surface area contributed by atoms with Gasteiger partial charge in [-0.05, 0) is 25.1 Å². The molecule has 1 saturated heterocycles. The van der Waals surface area contributed by atoms with Crippen LogP contribution >= 0.6 is 12.4 Å². The van der Waals surface area contributed by atoms with Crippen molar-refractivity contribution < 1.29 is 22.7 Å². The number of amides is 1. The standard InChI is InChI=1S/C15H19F3N2O2.ClH/c1-10(19)14(21)20-7-5-12(6-8-20)22-13-4-2-3-11(9-13)15(16,17)18;/h2-4,9-10,12H,5-8,19H2,1H3;1H.